The Morgan fingerprint density at radius 2 is 2.30 bits per heavy atom. The van der Waals surface area contributed by atoms with E-state index >= 15 is 0 Å². The highest BCUT2D eigenvalue weighted by Crippen LogP contribution is 2.50. The first kappa shape index (κ1) is 8.27. The molecule has 1 aliphatic carbocycles. The van der Waals surface area contributed by atoms with E-state index in [2.05, 4.69) is 0 Å². The lowest BCUT2D eigenvalue weighted by Crippen LogP contribution is -1.96. The van der Waals surface area contributed by atoms with Crippen molar-refractivity contribution in [2.45, 2.75) is 18.8 Å². The van der Waals surface area contributed by atoms with Crippen molar-refractivity contribution >= 4 is 12.0 Å². The minimum Gasteiger partial charge on any atom is -0.316 e. The maximum Gasteiger partial charge on any atom is 0.251 e. The molecule has 10 heavy (non-hydrogen) atoms. The molecule has 60 valence electrons. The Bertz CT molecular complexity index is 118. The second-order valence-electron chi connectivity index (χ2n) is 2.44. The summed E-state index contributed by atoms with van der Waals surface area (Å²) in [5.74, 6) is -2.78. The molecule has 1 fully saturated rings. The van der Waals surface area contributed by atoms with Crippen LogP contribution in [0, 0.1) is 5.92 Å². The first-order valence-electron chi connectivity index (χ1n) is 3.20. The lowest BCUT2D eigenvalue weighted by Gasteiger charge is -1.97. The van der Waals surface area contributed by atoms with E-state index in [4.69, 9.17) is 4.18 Å². The van der Waals surface area contributed by atoms with Gasteiger partial charge in [-0.05, 0) is 18.5 Å². The van der Waals surface area contributed by atoms with Gasteiger partial charge in [0.2, 0.25) is 0 Å². The predicted molar refractivity (Wildman–Crippen MR) is 37.1 cm³/mol. The second kappa shape index (κ2) is 3.05. The van der Waals surface area contributed by atoms with Crippen LogP contribution in [-0.4, -0.2) is 18.8 Å². The summed E-state index contributed by atoms with van der Waals surface area (Å²) in [7, 11) is 0. The van der Waals surface area contributed by atoms with Crippen LogP contribution < -0.4 is 0 Å². The molecule has 4 heteroatoms. The molecular formula is C6H10F2OS. The van der Waals surface area contributed by atoms with Gasteiger partial charge in [-0.3, -0.25) is 0 Å². The van der Waals surface area contributed by atoms with Crippen LogP contribution in [0.25, 0.3) is 0 Å². The Morgan fingerprint density at radius 3 is 2.70 bits per heavy atom. The fourth-order valence-electron chi connectivity index (χ4n) is 0.857. The Balaban J connectivity index is 1.97. The van der Waals surface area contributed by atoms with E-state index in [-0.39, 0.29) is 6.42 Å². The van der Waals surface area contributed by atoms with E-state index in [9.17, 15) is 8.78 Å². The Kier molecular flexibility index (Phi) is 2.52. The third-order valence-electron chi connectivity index (χ3n) is 1.62. The van der Waals surface area contributed by atoms with Gasteiger partial charge < -0.3 is 4.18 Å². The summed E-state index contributed by atoms with van der Waals surface area (Å²) in [4.78, 5) is 0. The van der Waals surface area contributed by atoms with Crippen molar-refractivity contribution in [3.8, 4) is 0 Å². The van der Waals surface area contributed by atoms with E-state index in [1.54, 1.807) is 6.26 Å². The van der Waals surface area contributed by atoms with Crippen molar-refractivity contribution in [3.63, 3.8) is 0 Å². The molecule has 0 N–H and O–H groups in total. The van der Waals surface area contributed by atoms with Crippen molar-refractivity contribution in [2.75, 3.05) is 12.9 Å². The van der Waals surface area contributed by atoms with E-state index in [0.29, 0.717) is 13.0 Å². The molecule has 1 unspecified atom stereocenters. The highest BCUT2D eigenvalue weighted by molar-refractivity contribution is 7.93. The third kappa shape index (κ3) is 2.09. The van der Waals surface area contributed by atoms with Crippen molar-refractivity contribution in [3.05, 3.63) is 0 Å². The Hall–Kier alpha value is 0.170. The molecule has 0 heterocycles. The van der Waals surface area contributed by atoms with E-state index in [0.717, 1.165) is 0 Å². The topological polar surface area (TPSA) is 9.23 Å². The van der Waals surface area contributed by atoms with Crippen molar-refractivity contribution < 1.29 is 13.0 Å². The number of rotatable bonds is 4. The van der Waals surface area contributed by atoms with Crippen LogP contribution in [-0.2, 0) is 4.18 Å². The van der Waals surface area contributed by atoms with Crippen LogP contribution in [0.1, 0.15) is 12.8 Å². The van der Waals surface area contributed by atoms with Gasteiger partial charge in [-0.1, -0.05) is 0 Å². The molecule has 0 radical (unpaired) electrons. The molecule has 0 aromatic heterocycles. The average molecular weight is 168 g/mol. The molecule has 0 saturated heterocycles. The molecular weight excluding hydrogens is 158 g/mol. The molecule has 0 amide bonds. The highest BCUT2D eigenvalue weighted by Gasteiger charge is 2.55. The summed E-state index contributed by atoms with van der Waals surface area (Å²) in [6, 6.07) is 0. The molecule has 1 saturated carbocycles. The zero-order chi connectivity index (χ0) is 7.61. The van der Waals surface area contributed by atoms with Crippen LogP contribution in [0.4, 0.5) is 8.78 Å². The molecule has 0 aromatic carbocycles. The minimum atomic E-state index is -2.37. The van der Waals surface area contributed by atoms with Gasteiger partial charge in [0, 0.05) is 18.6 Å². The van der Waals surface area contributed by atoms with Gasteiger partial charge in [0.15, 0.2) is 0 Å². The monoisotopic (exact) mass is 168 g/mol. The van der Waals surface area contributed by atoms with Gasteiger partial charge in [0.05, 0.1) is 6.61 Å². The second-order valence-corrected chi connectivity index (χ2v) is 3.01. The molecule has 0 aromatic rings. The van der Waals surface area contributed by atoms with Crippen LogP contribution in [0.5, 0.6) is 0 Å². The predicted octanol–water partition coefficient (Wildman–Crippen LogP) is 2.33. The standard InChI is InChI=1S/C6H10F2OS/c1-10-9-3-2-5-4-6(5,7)8/h5H,2-4H2,1H3. The third-order valence-corrected chi connectivity index (χ3v) is 2.03. The summed E-state index contributed by atoms with van der Waals surface area (Å²) >= 11 is 1.23. The number of hydrogen-bond donors (Lipinski definition) is 0. The van der Waals surface area contributed by atoms with E-state index in [1.165, 1.54) is 12.0 Å². The summed E-state index contributed by atoms with van der Waals surface area (Å²) in [5, 5.41) is 0. The molecule has 1 rings (SSSR count). The van der Waals surface area contributed by atoms with Gasteiger partial charge in [0.25, 0.3) is 5.92 Å². The average Bonchev–Trinajstić information content (AvgIpc) is 2.41. The summed E-state index contributed by atoms with van der Waals surface area (Å²) < 4.78 is 29.2. The summed E-state index contributed by atoms with van der Waals surface area (Å²) in [6.07, 6.45) is 2.34. The van der Waals surface area contributed by atoms with Crippen molar-refractivity contribution in [2.24, 2.45) is 5.92 Å². The fourth-order valence-corrected chi connectivity index (χ4v) is 1.12. The first-order valence-corrected chi connectivity index (χ1v) is 4.35. The molecule has 0 bridgehead atoms. The number of alkyl halides is 2. The zero-order valence-corrected chi connectivity index (χ0v) is 6.59. The van der Waals surface area contributed by atoms with Gasteiger partial charge in [-0.25, -0.2) is 8.78 Å². The van der Waals surface area contributed by atoms with Crippen molar-refractivity contribution in [1.82, 2.24) is 0 Å². The fraction of sp³-hybridized carbons (Fsp3) is 1.00. The van der Waals surface area contributed by atoms with Gasteiger partial charge >= 0.3 is 0 Å². The van der Waals surface area contributed by atoms with E-state index < -0.39 is 11.8 Å². The van der Waals surface area contributed by atoms with Crippen LogP contribution in [0.15, 0.2) is 0 Å². The summed E-state index contributed by atoms with van der Waals surface area (Å²) in [6.45, 7) is 0.446. The maximum absolute atomic E-state index is 12.2. The zero-order valence-electron chi connectivity index (χ0n) is 5.77. The lowest BCUT2D eigenvalue weighted by molar-refractivity contribution is 0.0939. The Morgan fingerprint density at radius 1 is 1.70 bits per heavy atom. The Labute approximate surface area is 63.3 Å². The van der Waals surface area contributed by atoms with E-state index in [1.807, 2.05) is 0 Å². The van der Waals surface area contributed by atoms with Gasteiger partial charge in [-0.15, -0.1) is 0 Å². The SMILES string of the molecule is CSOCCC1CC1(F)F. The normalized spacial score (nSPS) is 28.5. The number of hydrogen-bond acceptors (Lipinski definition) is 2. The molecule has 0 aliphatic heterocycles. The number of halogens is 2. The van der Waals surface area contributed by atoms with Crippen LogP contribution >= 0.6 is 12.0 Å². The molecule has 1 atom stereocenters. The van der Waals surface area contributed by atoms with Gasteiger partial charge in [-0.2, -0.15) is 0 Å². The molecule has 1 aliphatic rings. The minimum absolute atomic E-state index is 0.0603. The van der Waals surface area contributed by atoms with Crippen molar-refractivity contribution in [1.29, 1.82) is 0 Å². The largest absolute Gasteiger partial charge is 0.316 e. The first-order chi connectivity index (χ1) is 4.67. The molecule has 0 spiro atoms. The summed E-state index contributed by atoms with van der Waals surface area (Å²) in [5.41, 5.74) is 0. The smallest absolute Gasteiger partial charge is 0.251 e. The highest BCUT2D eigenvalue weighted by atomic mass is 32.2. The molecule has 1 nitrogen and oxygen atoms in total. The quantitative estimate of drug-likeness (QED) is 0.470. The van der Waals surface area contributed by atoms with Crippen LogP contribution in [0.3, 0.4) is 0 Å². The lowest BCUT2D eigenvalue weighted by atomic mass is 10.3. The van der Waals surface area contributed by atoms with Gasteiger partial charge in [0.1, 0.15) is 0 Å². The maximum atomic E-state index is 12.2. The van der Waals surface area contributed by atoms with Crippen LogP contribution in [0.2, 0.25) is 0 Å².